The average Bonchev–Trinajstić information content (AvgIpc) is 2.35. The number of amides is 1. The van der Waals surface area contributed by atoms with E-state index in [1.54, 1.807) is 0 Å². The average molecular weight is 269 g/mol. The summed E-state index contributed by atoms with van der Waals surface area (Å²) in [4.78, 5) is 14.2. The summed E-state index contributed by atoms with van der Waals surface area (Å²) in [5, 5.41) is 6.47. The Morgan fingerprint density at radius 3 is 2.68 bits per heavy atom. The SMILES string of the molecule is CC(C)CC(CNC(=O)CC1CCCNC1)N(C)C. The highest BCUT2D eigenvalue weighted by molar-refractivity contribution is 5.76. The van der Waals surface area contributed by atoms with Crippen LogP contribution >= 0.6 is 0 Å². The van der Waals surface area contributed by atoms with Crippen LogP contribution in [0.3, 0.4) is 0 Å². The van der Waals surface area contributed by atoms with Gasteiger partial charge in [-0.25, -0.2) is 0 Å². The quantitative estimate of drug-likeness (QED) is 0.735. The molecule has 1 aliphatic heterocycles. The van der Waals surface area contributed by atoms with Crippen molar-refractivity contribution in [1.82, 2.24) is 15.5 Å². The summed E-state index contributed by atoms with van der Waals surface area (Å²) in [5.74, 6) is 1.40. The first-order chi connectivity index (χ1) is 8.99. The van der Waals surface area contributed by atoms with Crippen LogP contribution in [0.4, 0.5) is 0 Å². The molecule has 19 heavy (non-hydrogen) atoms. The molecule has 2 atom stereocenters. The standard InChI is InChI=1S/C15H31N3O/c1-12(2)8-14(18(3)4)11-17-15(19)9-13-6-5-7-16-10-13/h12-14,16H,5-11H2,1-4H3,(H,17,19). The molecule has 0 aromatic heterocycles. The summed E-state index contributed by atoms with van der Waals surface area (Å²) >= 11 is 0. The second-order valence-electron chi connectivity index (χ2n) is 6.47. The number of carbonyl (C=O) groups is 1. The zero-order chi connectivity index (χ0) is 14.3. The third-order valence-corrected chi connectivity index (χ3v) is 3.88. The number of carbonyl (C=O) groups excluding carboxylic acids is 1. The van der Waals surface area contributed by atoms with Crippen LogP contribution in [0.15, 0.2) is 0 Å². The van der Waals surface area contributed by atoms with Gasteiger partial charge in [-0.15, -0.1) is 0 Å². The fourth-order valence-electron chi connectivity index (χ4n) is 2.69. The Kier molecular flexibility index (Phi) is 7.39. The predicted molar refractivity (Wildman–Crippen MR) is 80.2 cm³/mol. The lowest BCUT2D eigenvalue weighted by atomic mass is 9.96. The number of nitrogens with zero attached hydrogens (tertiary/aromatic N) is 1. The zero-order valence-corrected chi connectivity index (χ0v) is 13.0. The molecule has 1 aliphatic rings. The molecule has 0 spiro atoms. The lowest BCUT2D eigenvalue weighted by Gasteiger charge is -2.27. The molecule has 4 heteroatoms. The van der Waals surface area contributed by atoms with Gasteiger partial charge in [0.15, 0.2) is 0 Å². The summed E-state index contributed by atoms with van der Waals surface area (Å²) in [7, 11) is 4.18. The van der Waals surface area contributed by atoms with Gasteiger partial charge < -0.3 is 15.5 Å². The Bertz CT molecular complexity index is 260. The van der Waals surface area contributed by atoms with Crippen molar-refractivity contribution in [1.29, 1.82) is 0 Å². The third-order valence-electron chi connectivity index (χ3n) is 3.88. The van der Waals surface area contributed by atoms with Crippen LogP contribution in [0.1, 0.15) is 39.5 Å². The number of hydrogen-bond acceptors (Lipinski definition) is 3. The van der Waals surface area contributed by atoms with E-state index in [1.807, 2.05) is 0 Å². The summed E-state index contributed by atoms with van der Waals surface area (Å²) in [6.45, 7) is 7.33. The van der Waals surface area contributed by atoms with Crippen molar-refractivity contribution >= 4 is 5.91 Å². The van der Waals surface area contributed by atoms with Crippen LogP contribution < -0.4 is 10.6 Å². The Balaban J connectivity index is 2.26. The normalized spacial score (nSPS) is 21.7. The molecule has 1 fully saturated rings. The summed E-state index contributed by atoms with van der Waals surface area (Å²) in [6, 6.07) is 0.438. The van der Waals surface area contributed by atoms with Gasteiger partial charge in [-0.2, -0.15) is 0 Å². The molecule has 1 amide bonds. The molecule has 0 aliphatic carbocycles. The lowest BCUT2D eigenvalue weighted by molar-refractivity contribution is -0.122. The predicted octanol–water partition coefficient (Wildman–Crippen LogP) is 1.47. The van der Waals surface area contributed by atoms with Crippen LogP contribution in [-0.4, -0.2) is 50.6 Å². The Morgan fingerprint density at radius 1 is 1.42 bits per heavy atom. The topological polar surface area (TPSA) is 44.4 Å². The number of likely N-dealkylation sites (N-methyl/N-ethyl adjacent to an activating group) is 1. The van der Waals surface area contributed by atoms with E-state index in [9.17, 15) is 4.79 Å². The van der Waals surface area contributed by atoms with E-state index in [0.29, 0.717) is 24.3 Å². The molecule has 0 aromatic carbocycles. The van der Waals surface area contributed by atoms with Gasteiger partial charge in [0.25, 0.3) is 0 Å². The number of hydrogen-bond donors (Lipinski definition) is 2. The second-order valence-corrected chi connectivity index (χ2v) is 6.47. The van der Waals surface area contributed by atoms with Crippen molar-refractivity contribution in [2.24, 2.45) is 11.8 Å². The largest absolute Gasteiger partial charge is 0.355 e. The molecule has 2 unspecified atom stereocenters. The van der Waals surface area contributed by atoms with Gasteiger partial charge >= 0.3 is 0 Å². The van der Waals surface area contributed by atoms with Crippen LogP contribution in [0.2, 0.25) is 0 Å². The molecule has 0 radical (unpaired) electrons. The van der Waals surface area contributed by atoms with E-state index in [1.165, 1.54) is 12.8 Å². The van der Waals surface area contributed by atoms with Crippen LogP contribution in [-0.2, 0) is 4.79 Å². The fourth-order valence-corrected chi connectivity index (χ4v) is 2.69. The van der Waals surface area contributed by atoms with Crippen LogP contribution in [0, 0.1) is 11.8 Å². The first kappa shape index (κ1) is 16.4. The third kappa shape index (κ3) is 6.92. The number of nitrogens with one attached hydrogen (secondary N) is 2. The Morgan fingerprint density at radius 2 is 2.16 bits per heavy atom. The van der Waals surface area contributed by atoms with E-state index in [4.69, 9.17) is 0 Å². The summed E-state index contributed by atoms with van der Waals surface area (Å²) in [6.07, 6.45) is 4.18. The van der Waals surface area contributed by atoms with Crippen LogP contribution in [0.5, 0.6) is 0 Å². The van der Waals surface area contributed by atoms with E-state index in [-0.39, 0.29) is 5.91 Å². The summed E-state index contributed by atoms with van der Waals surface area (Å²) in [5.41, 5.74) is 0. The van der Waals surface area contributed by atoms with Crippen molar-refractivity contribution in [3.63, 3.8) is 0 Å². The maximum atomic E-state index is 12.0. The second kappa shape index (κ2) is 8.54. The maximum Gasteiger partial charge on any atom is 0.220 e. The van der Waals surface area contributed by atoms with Crippen molar-refractivity contribution in [2.75, 3.05) is 33.7 Å². The first-order valence-electron chi connectivity index (χ1n) is 7.63. The molecule has 2 N–H and O–H groups in total. The monoisotopic (exact) mass is 269 g/mol. The van der Waals surface area contributed by atoms with Gasteiger partial charge in [-0.05, 0) is 58.3 Å². The van der Waals surface area contributed by atoms with E-state index in [2.05, 4.69) is 43.5 Å². The Labute approximate surface area is 118 Å². The molecular weight excluding hydrogens is 238 g/mol. The number of piperidine rings is 1. The molecule has 112 valence electrons. The summed E-state index contributed by atoms with van der Waals surface area (Å²) < 4.78 is 0. The van der Waals surface area contributed by atoms with Crippen molar-refractivity contribution in [2.45, 2.75) is 45.6 Å². The lowest BCUT2D eigenvalue weighted by Crippen LogP contribution is -2.42. The highest BCUT2D eigenvalue weighted by atomic mass is 16.1. The minimum atomic E-state index is 0.212. The molecule has 1 heterocycles. The van der Waals surface area contributed by atoms with E-state index >= 15 is 0 Å². The van der Waals surface area contributed by atoms with Crippen molar-refractivity contribution in [3.8, 4) is 0 Å². The van der Waals surface area contributed by atoms with Gasteiger partial charge in [0.2, 0.25) is 5.91 Å². The van der Waals surface area contributed by atoms with E-state index < -0.39 is 0 Å². The zero-order valence-electron chi connectivity index (χ0n) is 13.0. The molecule has 0 aromatic rings. The van der Waals surface area contributed by atoms with Crippen molar-refractivity contribution in [3.05, 3.63) is 0 Å². The van der Waals surface area contributed by atoms with Gasteiger partial charge in [0, 0.05) is 19.0 Å². The molecule has 0 bridgehead atoms. The fraction of sp³-hybridized carbons (Fsp3) is 0.933. The molecule has 4 nitrogen and oxygen atoms in total. The van der Waals surface area contributed by atoms with Crippen LogP contribution in [0.25, 0.3) is 0 Å². The Hall–Kier alpha value is -0.610. The van der Waals surface area contributed by atoms with Gasteiger partial charge in [0.05, 0.1) is 0 Å². The number of rotatable bonds is 7. The highest BCUT2D eigenvalue weighted by Gasteiger charge is 2.18. The maximum absolute atomic E-state index is 12.0. The minimum Gasteiger partial charge on any atom is -0.355 e. The van der Waals surface area contributed by atoms with Gasteiger partial charge in [-0.1, -0.05) is 13.8 Å². The van der Waals surface area contributed by atoms with Gasteiger partial charge in [-0.3, -0.25) is 4.79 Å². The molecule has 0 saturated carbocycles. The smallest absolute Gasteiger partial charge is 0.220 e. The molecular formula is C15H31N3O. The minimum absolute atomic E-state index is 0.212. The van der Waals surface area contributed by atoms with E-state index in [0.717, 1.165) is 26.1 Å². The first-order valence-corrected chi connectivity index (χ1v) is 7.63. The van der Waals surface area contributed by atoms with Gasteiger partial charge in [0.1, 0.15) is 0 Å². The van der Waals surface area contributed by atoms with Crippen molar-refractivity contribution < 1.29 is 4.79 Å². The molecule has 1 rings (SSSR count). The highest BCUT2D eigenvalue weighted by Crippen LogP contribution is 2.14. The molecule has 1 saturated heterocycles.